The van der Waals surface area contributed by atoms with Crippen LogP contribution in [0.1, 0.15) is 29.7 Å². The molecular formula is C16H18OS. The van der Waals surface area contributed by atoms with Crippen LogP contribution in [0.15, 0.2) is 36.4 Å². The van der Waals surface area contributed by atoms with E-state index in [1.165, 1.54) is 20.9 Å². The third kappa shape index (κ3) is 3.30. The lowest BCUT2D eigenvalue weighted by Gasteiger charge is -1.97. The van der Waals surface area contributed by atoms with Gasteiger partial charge in [-0.3, -0.25) is 0 Å². The zero-order valence-electron chi connectivity index (χ0n) is 10.7. The molecule has 1 nitrogen and oxygen atoms in total. The molecule has 1 heterocycles. The molecule has 0 fully saturated rings. The van der Waals surface area contributed by atoms with Crippen LogP contribution in [0.25, 0.3) is 10.4 Å². The normalized spacial score (nSPS) is 10.5. The Hall–Kier alpha value is -1.41. The molecule has 2 aromatic rings. The number of aryl methyl sites for hydroxylation is 2. The van der Waals surface area contributed by atoms with Gasteiger partial charge in [-0.15, -0.1) is 11.3 Å². The van der Waals surface area contributed by atoms with Crippen LogP contribution in [-0.2, 0) is 11.2 Å². The first-order valence-electron chi connectivity index (χ1n) is 6.39. The largest absolute Gasteiger partial charge is 0.303 e. The summed E-state index contributed by atoms with van der Waals surface area (Å²) in [4.78, 5) is 13.1. The summed E-state index contributed by atoms with van der Waals surface area (Å²) in [6, 6.07) is 12.8. The zero-order chi connectivity index (χ0) is 12.8. The van der Waals surface area contributed by atoms with Crippen LogP contribution < -0.4 is 0 Å². The van der Waals surface area contributed by atoms with Crippen molar-refractivity contribution in [1.29, 1.82) is 0 Å². The Morgan fingerprint density at radius 3 is 2.67 bits per heavy atom. The maximum absolute atomic E-state index is 10.3. The van der Waals surface area contributed by atoms with Crippen molar-refractivity contribution >= 4 is 17.6 Å². The molecule has 0 aliphatic rings. The number of rotatable bonds is 6. The SMILES string of the molecule is Cc1cc(-c2ccccc2)sc1CCCCC=O. The summed E-state index contributed by atoms with van der Waals surface area (Å²) in [7, 11) is 0. The van der Waals surface area contributed by atoms with Gasteiger partial charge in [-0.25, -0.2) is 0 Å². The Morgan fingerprint density at radius 2 is 1.94 bits per heavy atom. The first-order chi connectivity index (χ1) is 8.81. The minimum Gasteiger partial charge on any atom is -0.303 e. The highest BCUT2D eigenvalue weighted by Gasteiger charge is 2.06. The molecule has 0 aliphatic heterocycles. The number of carbonyl (C=O) groups is 1. The van der Waals surface area contributed by atoms with Gasteiger partial charge in [0.05, 0.1) is 0 Å². The molecule has 0 saturated carbocycles. The Labute approximate surface area is 112 Å². The highest BCUT2D eigenvalue weighted by molar-refractivity contribution is 7.15. The number of thiophene rings is 1. The van der Waals surface area contributed by atoms with E-state index < -0.39 is 0 Å². The minimum atomic E-state index is 0.690. The summed E-state index contributed by atoms with van der Waals surface area (Å²) in [5.74, 6) is 0. The molecule has 0 atom stereocenters. The van der Waals surface area contributed by atoms with E-state index in [0.717, 1.165) is 25.5 Å². The average Bonchev–Trinajstić information content (AvgIpc) is 2.77. The molecule has 1 aromatic carbocycles. The molecule has 18 heavy (non-hydrogen) atoms. The van der Waals surface area contributed by atoms with E-state index in [9.17, 15) is 4.79 Å². The summed E-state index contributed by atoms with van der Waals surface area (Å²) >= 11 is 1.88. The van der Waals surface area contributed by atoms with E-state index in [1.807, 2.05) is 17.4 Å². The highest BCUT2D eigenvalue weighted by atomic mass is 32.1. The Balaban J connectivity index is 2.05. The fraction of sp³-hybridized carbons (Fsp3) is 0.312. The predicted molar refractivity (Wildman–Crippen MR) is 78.1 cm³/mol. The first-order valence-corrected chi connectivity index (χ1v) is 7.21. The molecule has 94 valence electrons. The molecule has 2 rings (SSSR count). The van der Waals surface area contributed by atoms with Gasteiger partial charge in [-0.1, -0.05) is 30.3 Å². The van der Waals surface area contributed by atoms with Crippen molar-refractivity contribution in [3.63, 3.8) is 0 Å². The van der Waals surface area contributed by atoms with E-state index >= 15 is 0 Å². The lowest BCUT2D eigenvalue weighted by Crippen LogP contribution is -1.84. The quantitative estimate of drug-likeness (QED) is 0.545. The van der Waals surface area contributed by atoms with Gasteiger partial charge < -0.3 is 4.79 Å². The number of unbranched alkanes of at least 4 members (excludes halogenated alkanes) is 2. The molecule has 0 N–H and O–H groups in total. The van der Waals surface area contributed by atoms with Gasteiger partial charge in [0, 0.05) is 16.2 Å². The molecule has 0 aliphatic carbocycles. The van der Waals surface area contributed by atoms with E-state index in [2.05, 4.69) is 37.3 Å². The molecule has 2 heteroatoms. The minimum absolute atomic E-state index is 0.690. The molecular weight excluding hydrogens is 240 g/mol. The Bertz CT molecular complexity index is 499. The average molecular weight is 258 g/mol. The van der Waals surface area contributed by atoms with Gasteiger partial charge in [0.25, 0.3) is 0 Å². The van der Waals surface area contributed by atoms with Gasteiger partial charge in [0.15, 0.2) is 0 Å². The lowest BCUT2D eigenvalue weighted by molar-refractivity contribution is -0.107. The number of carbonyl (C=O) groups excluding carboxylic acids is 1. The van der Waals surface area contributed by atoms with Crippen LogP contribution in [0.5, 0.6) is 0 Å². The van der Waals surface area contributed by atoms with Crippen LogP contribution in [-0.4, -0.2) is 6.29 Å². The second kappa shape index (κ2) is 6.50. The van der Waals surface area contributed by atoms with E-state index in [4.69, 9.17) is 0 Å². The van der Waals surface area contributed by atoms with Gasteiger partial charge >= 0.3 is 0 Å². The molecule has 0 amide bonds. The maximum atomic E-state index is 10.3. The summed E-state index contributed by atoms with van der Waals surface area (Å²) in [5.41, 5.74) is 2.68. The summed E-state index contributed by atoms with van der Waals surface area (Å²) in [5, 5.41) is 0. The fourth-order valence-corrected chi connectivity index (χ4v) is 3.25. The maximum Gasteiger partial charge on any atom is 0.119 e. The van der Waals surface area contributed by atoms with Crippen molar-refractivity contribution in [3.8, 4) is 10.4 Å². The second-order valence-corrected chi connectivity index (χ2v) is 5.63. The topological polar surface area (TPSA) is 17.1 Å². The number of benzene rings is 1. The molecule has 0 radical (unpaired) electrons. The molecule has 0 spiro atoms. The van der Waals surface area contributed by atoms with Crippen LogP contribution >= 0.6 is 11.3 Å². The first kappa shape index (κ1) is 13.0. The van der Waals surface area contributed by atoms with Gasteiger partial charge in [-0.2, -0.15) is 0 Å². The smallest absolute Gasteiger partial charge is 0.119 e. The predicted octanol–water partition coefficient (Wildman–Crippen LogP) is 4.64. The monoisotopic (exact) mass is 258 g/mol. The zero-order valence-corrected chi connectivity index (χ0v) is 11.5. The molecule has 1 aromatic heterocycles. The van der Waals surface area contributed by atoms with Crippen molar-refractivity contribution in [2.45, 2.75) is 32.6 Å². The Morgan fingerprint density at radius 1 is 1.17 bits per heavy atom. The van der Waals surface area contributed by atoms with Gasteiger partial charge in [0.1, 0.15) is 6.29 Å². The second-order valence-electron chi connectivity index (χ2n) is 4.50. The molecule has 0 saturated heterocycles. The van der Waals surface area contributed by atoms with E-state index in [-0.39, 0.29) is 0 Å². The Kier molecular flexibility index (Phi) is 4.71. The third-order valence-electron chi connectivity index (χ3n) is 3.05. The van der Waals surface area contributed by atoms with Crippen LogP contribution in [0.2, 0.25) is 0 Å². The number of hydrogen-bond donors (Lipinski definition) is 0. The van der Waals surface area contributed by atoms with E-state index in [1.54, 1.807) is 0 Å². The van der Waals surface area contributed by atoms with Crippen LogP contribution in [0.3, 0.4) is 0 Å². The van der Waals surface area contributed by atoms with Crippen molar-refractivity contribution in [2.75, 3.05) is 0 Å². The molecule has 0 unspecified atom stereocenters. The van der Waals surface area contributed by atoms with Crippen LogP contribution in [0, 0.1) is 6.92 Å². The molecule has 0 bridgehead atoms. The third-order valence-corrected chi connectivity index (χ3v) is 4.40. The summed E-state index contributed by atoms with van der Waals surface area (Å²) < 4.78 is 0. The van der Waals surface area contributed by atoms with Gasteiger partial charge in [0.2, 0.25) is 0 Å². The fourth-order valence-electron chi connectivity index (χ4n) is 2.03. The number of aldehydes is 1. The number of hydrogen-bond acceptors (Lipinski definition) is 2. The highest BCUT2D eigenvalue weighted by Crippen LogP contribution is 2.32. The van der Waals surface area contributed by atoms with Gasteiger partial charge in [-0.05, 0) is 43.4 Å². The summed E-state index contributed by atoms with van der Waals surface area (Å²) in [6.07, 6.45) is 4.90. The summed E-state index contributed by atoms with van der Waals surface area (Å²) in [6.45, 7) is 2.18. The van der Waals surface area contributed by atoms with E-state index in [0.29, 0.717) is 6.42 Å². The standard InChI is InChI=1S/C16H18OS/c1-13-12-16(14-8-4-2-5-9-14)18-15(13)10-6-3-7-11-17/h2,4-5,8-9,11-12H,3,6-7,10H2,1H3. The van der Waals surface area contributed by atoms with Crippen molar-refractivity contribution in [3.05, 3.63) is 46.8 Å². The van der Waals surface area contributed by atoms with Crippen molar-refractivity contribution in [1.82, 2.24) is 0 Å². The lowest BCUT2D eigenvalue weighted by atomic mass is 10.1. The van der Waals surface area contributed by atoms with Crippen LogP contribution in [0.4, 0.5) is 0 Å². The van der Waals surface area contributed by atoms with Crippen molar-refractivity contribution < 1.29 is 4.79 Å². The van der Waals surface area contributed by atoms with Crippen molar-refractivity contribution in [2.24, 2.45) is 0 Å².